The summed E-state index contributed by atoms with van der Waals surface area (Å²) in [6.45, 7) is 6.03. The smallest absolute Gasteiger partial charge is 0.233 e. The van der Waals surface area contributed by atoms with Crippen molar-refractivity contribution < 1.29 is 9.53 Å². The van der Waals surface area contributed by atoms with Gasteiger partial charge in [0.1, 0.15) is 5.75 Å². The van der Waals surface area contributed by atoms with E-state index in [0.29, 0.717) is 12.3 Å². The van der Waals surface area contributed by atoms with Crippen molar-refractivity contribution in [3.8, 4) is 22.7 Å². The normalized spacial score (nSPS) is 11.7. The summed E-state index contributed by atoms with van der Waals surface area (Å²) < 4.78 is 7.15. The quantitative estimate of drug-likeness (QED) is 0.532. The van der Waals surface area contributed by atoms with E-state index >= 15 is 0 Å². The molecule has 2 aromatic carbocycles. The maximum atomic E-state index is 12.2. The molecule has 1 heterocycles. The Labute approximate surface area is 175 Å². The zero-order chi connectivity index (χ0) is 20.6. The Morgan fingerprint density at radius 3 is 2.62 bits per heavy atom. The molecular weight excluding hydrogens is 382 g/mol. The van der Waals surface area contributed by atoms with E-state index in [4.69, 9.17) is 9.84 Å². The summed E-state index contributed by atoms with van der Waals surface area (Å²) in [6.07, 6.45) is 3.72. The fourth-order valence-electron chi connectivity index (χ4n) is 2.83. The SMILES string of the molecule is C=CCNC(=O)C(C)SCc1cn(-c2ccccc2)nc1-c1ccc(OC)cc1. The molecule has 1 atom stereocenters. The number of methoxy groups -OCH3 is 1. The Morgan fingerprint density at radius 2 is 1.97 bits per heavy atom. The Bertz CT molecular complexity index is 952. The molecule has 0 fully saturated rings. The number of aromatic nitrogens is 2. The summed E-state index contributed by atoms with van der Waals surface area (Å²) in [5, 5.41) is 7.51. The molecule has 3 aromatic rings. The molecule has 1 amide bonds. The van der Waals surface area contributed by atoms with E-state index in [1.54, 1.807) is 24.9 Å². The molecule has 0 aliphatic carbocycles. The number of nitrogens with zero attached hydrogens (tertiary/aromatic N) is 2. The van der Waals surface area contributed by atoms with E-state index in [0.717, 1.165) is 28.3 Å². The van der Waals surface area contributed by atoms with Gasteiger partial charge in [-0.15, -0.1) is 18.3 Å². The topological polar surface area (TPSA) is 56.2 Å². The predicted octanol–water partition coefficient (Wildman–Crippen LogP) is 4.47. The predicted molar refractivity (Wildman–Crippen MR) is 120 cm³/mol. The second kappa shape index (κ2) is 9.98. The second-order valence-electron chi connectivity index (χ2n) is 6.50. The molecule has 1 aromatic heterocycles. The highest BCUT2D eigenvalue weighted by Gasteiger charge is 2.17. The van der Waals surface area contributed by atoms with Gasteiger partial charge in [0.15, 0.2) is 0 Å². The summed E-state index contributed by atoms with van der Waals surface area (Å²) in [5.41, 5.74) is 3.99. The monoisotopic (exact) mass is 407 g/mol. The molecule has 0 radical (unpaired) electrons. The minimum absolute atomic E-state index is 0.0105. The highest BCUT2D eigenvalue weighted by Crippen LogP contribution is 2.29. The molecule has 29 heavy (non-hydrogen) atoms. The fraction of sp³-hybridized carbons (Fsp3) is 0.217. The molecule has 3 rings (SSSR count). The van der Waals surface area contributed by atoms with Crippen molar-refractivity contribution in [2.45, 2.75) is 17.9 Å². The number of carbonyl (C=O) groups excluding carboxylic acids is 1. The molecule has 1 unspecified atom stereocenters. The van der Waals surface area contributed by atoms with Crippen LogP contribution >= 0.6 is 11.8 Å². The van der Waals surface area contributed by atoms with E-state index in [9.17, 15) is 4.79 Å². The number of thioether (sulfide) groups is 1. The lowest BCUT2D eigenvalue weighted by Crippen LogP contribution is -2.30. The molecule has 0 aliphatic heterocycles. The average molecular weight is 408 g/mol. The van der Waals surface area contributed by atoms with Crippen LogP contribution in [0.25, 0.3) is 16.9 Å². The Morgan fingerprint density at radius 1 is 1.24 bits per heavy atom. The van der Waals surface area contributed by atoms with Gasteiger partial charge in [-0.3, -0.25) is 4.79 Å². The van der Waals surface area contributed by atoms with Gasteiger partial charge >= 0.3 is 0 Å². The number of benzene rings is 2. The van der Waals surface area contributed by atoms with Crippen molar-refractivity contribution in [2.24, 2.45) is 0 Å². The standard InChI is InChI=1S/C23H25N3O2S/c1-4-14-24-23(27)17(2)29-16-19-15-26(20-8-6-5-7-9-20)25-22(19)18-10-12-21(28-3)13-11-18/h4-13,15,17H,1,14,16H2,2-3H3,(H,24,27). The highest BCUT2D eigenvalue weighted by atomic mass is 32.2. The van der Waals surface area contributed by atoms with Crippen molar-refractivity contribution in [1.29, 1.82) is 0 Å². The van der Waals surface area contributed by atoms with Crippen LogP contribution in [-0.2, 0) is 10.5 Å². The average Bonchev–Trinajstić information content (AvgIpc) is 3.20. The number of hydrogen-bond donors (Lipinski definition) is 1. The third-order valence-electron chi connectivity index (χ3n) is 4.45. The molecule has 0 saturated heterocycles. The summed E-state index contributed by atoms with van der Waals surface area (Å²) in [6, 6.07) is 17.9. The van der Waals surface area contributed by atoms with E-state index in [1.807, 2.05) is 72.4 Å². The van der Waals surface area contributed by atoms with Crippen molar-refractivity contribution in [3.05, 3.63) is 79.0 Å². The first-order chi connectivity index (χ1) is 14.1. The number of nitrogens with one attached hydrogen (secondary N) is 1. The van der Waals surface area contributed by atoms with Crippen LogP contribution in [0.4, 0.5) is 0 Å². The first-order valence-corrected chi connectivity index (χ1v) is 10.5. The van der Waals surface area contributed by atoms with Gasteiger partial charge in [0.2, 0.25) is 5.91 Å². The summed E-state index contributed by atoms with van der Waals surface area (Å²) in [5.74, 6) is 1.49. The van der Waals surface area contributed by atoms with Crippen LogP contribution in [0.15, 0.2) is 73.4 Å². The molecule has 6 heteroatoms. The molecule has 0 saturated carbocycles. The Hall–Kier alpha value is -2.99. The van der Waals surface area contributed by atoms with Crippen LogP contribution in [0.1, 0.15) is 12.5 Å². The van der Waals surface area contributed by atoms with Crippen LogP contribution < -0.4 is 10.1 Å². The van der Waals surface area contributed by atoms with Gasteiger partial charge in [-0.05, 0) is 43.3 Å². The fourth-order valence-corrected chi connectivity index (χ4v) is 3.70. The number of para-hydroxylation sites is 1. The van der Waals surface area contributed by atoms with Crippen LogP contribution in [0.2, 0.25) is 0 Å². The molecule has 1 N–H and O–H groups in total. The minimum atomic E-state index is -0.168. The first-order valence-electron chi connectivity index (χ1n) is 9.41. The molecule has 5 nitrogen and oxygen atoms in total. The molecule has 0 spiro atoms. The lowest BCUT2D eigenvalue weighted by molar-refractivity contribution is -0.120. The molecule has 150 valence electrons. The Balaban J connectivity index is 1.86. The number of hydrogen-bond acceptors (Lipinski definition) is 4. The van der Waals surface area contributed by atoms with Gasteiger partial charge in [0.05, 0.1) is 23.7 Å². The van der Waals surface area contributed by atoms with Gasteiger partial charge in [-0.1, -0.05) is 24.3 Å². The van der Waals surface area contributed by atoms with Gasteiger partial charge in [-0.25, -0.2) is 4.68 Å². The maximum Gasteiger partial charge on any atom is 0.233 e. The summed E-state index contributed by atoms with van der Waals surface area (Å²) in [4.78, 5) is 12.2. The van der Waals surface area contributed by atoms with Crippen LogP contribution in [-0.4, -0.2) is 34.6 Å². The lowest BCUT2D eigenvalue weighted by Gasteiger charge is -2.11. The third kappa shape index (κ3) is 5.29. The van der Waals surface area contributed by atoms with Crippen LogP contribution in [0, 0.1) is 0 Å². The minimum Gasteiger partial charge on any atom is -0.497 e. The third-order valence-corrected chi connectivity index (χ3v) is 5.64. The van der Waals surface area contributed by atoms with Gasteiger partial charge < -0.3 is 10.1 Å². The number of rotatable bonds is 9. The second-order valence-corrected chi connectivity index (χ2v) is 7.83. The molecule has 0 bridgehead atoms. The number of ether oxygens (including phenoxy) is 1. The highest BCUT2D eigenvalue weighted by molar-refractivity contribution is 7.99. The van der Waals surface area contributed by atoms with Gasteiger partial charge in [0.25, 0.3) is 0 Å². The zero-order valence-corrected chi connectivity index (χ0v) is 17.5. The number of carbonyl (C=O) groups is 1. The van der Waals surface area contributed by atoms with Crippen LogP contribution in [0.3, 0.4) is 0 Å². The zero-order valence-electron chi connectivity index (χ0n) is 16.7. The van der Waals surface area contributed by atoms with Crippen molar-refractivity contribution in [1.82, 2.24) is 15.1 Å². The largest absolute Gasteiger partial charge is 0.497 e. The van der Waals surface area contributed by atoms with E-state index < -0.39 is 0 Å². The number of amides is 1. The summed E-state index contributed by atoms with van der Waals surface area (Å²) in [7, 11) is 1.65. The van der Waals surface area contributed by atoms with Gasteiger partial charge in [-0.2, -0.15) is 5.10 Å². The van der Waals surface area contributed by atoms with E-state index in [-0.39, 0.29) is 11.2 Å². The molecule has 0 aliphatic rings. The Kier molecular flexibility index (Phi) is 7.14. The van der Waals surface area contributed by atoms with Crippen LogP contribution in [0.5, 0.6) is 5.75 Å². The van der Waals surface area contributed by atoms with E-state index in [2.05, 4.69) is 11.9 Å². The van der Waals surface area contributed by atoms with Gasteiger partial charge in [0, 0.05) is 29.6 Å². The van der Waals surface area contributed by atoms with Crippen molar-refractivity contribution in [2.75, 3.05) is 13.7 Å². The summed E-state index contributed by atoms with van der Waals surface area (Å²) >= 11 is 1.59. The van der Waals surface area contributed by atoms with Crippen molar-refractivity contribution in [3.63, 3.8) is 0 Å². The first kappa shape index (κ1) is 20.7. The maximum absolute atomic E-state index is 12.2. The molecular formula is C23H25N3O2S. The lowest BCUT2D eigenvalue weighted by atomic mass is 10.1. The van der Waals surface area contributed by atoms with E-state index in [1.165, 1.54) is 0 Å². The van der Waals surface area contributed by atoms with Crippen molar-refractivity contribution >= 4 is 17.7 Å².